The van der Waals surface area contributed by atoms with Gasteiger partial charge in [0.25, 0.3) is 0 Å². The van der Waals surface area contributed by atoms with Crippen molar-refractivity contribution in [2.75, 3.05) is 26.3 Å². The quantitative estimate of drug-likeness (QED) is 0.890. The van der Waals surface area contributed by atoms with Crippen LogP contribution in [0.25, 0.3) is 0 Å². The van der Waals surface area contributed by atoms with Crippen LogP contribution in [-0.4, -0.2) is 48.2 Å². The molecule has 0 bridgehead atoms. The zero-order chi connectivity index (χ0) is 18.2. The molecule has 1 aromatic carbocycles. The number of ether oxygens (including phenoxy) is 1. The molecule has 0 aromatic heterocycles. The molecule has 136 valence electrons. The average Bonchev–Trinajstić information content (AvgIpc) is 2.94. The Morgan fingerprint density at radius 2 is 2.20 bits per heavy atom. The second-order valence-corrected chi connectivity index (χ2v) is 8.30. The van der Waals surface area contributed by atoms with Gasteiger partial charge >= 0.3 is 5.97 Å². The molecule has 1 amide bonds. The summed E-state index contributed by atoms with van der Waals surface area (Å²) < 4.78 is 5.47. The molecule has 2 aliphatic rings. The lowest BCUT2D eigenvalue weighted by Gasteiger charge is -2.34. The van der Waals surface area contributed by atoms with Gasteiger partial charge in [-0.1, -0.05) is 37.6 Å². The van der Waals surface area contributed by atoms with E-state index >= 15 is 0 Å². The first-order chi connectivity index (χ1) is 11.7. The second kappa shape index (κ2) is 6.61. The van der Waals surface area contributed by atoms with Gasteiger partial charge in [0.2, 0.25) is 5.91 Å². The van der Waals surface area contributed by atoms with E-state index in [0.29, 0.717) is 37.6 Å². The molecular formula is C19H24ClNO4. The number of benzene rings is 1. The van der Waals surface area contributed by atoms with E-state index in [4.69, 9.17) is 16.3 Å². The van der Waals surface area contributed by atoms with E-state index in [1.807, 2.05) is 38.1 Å². The van der Waals surface area contributed by atoms with E-state index in [1.54, 1.807) is 4.90 Å². The van der Waals surface area contributed by atoms with E-state index in [2.05, 4.69) is 0 Å². The summed E-state index contributed by atoms with van der Waals surface area (Å²) in [6.07, 6.45) is 1.02. The standard InChI is InChI=1S/C19H24ClNO4/c1-18(2,9-13-4-3-5-15(20)8-13)16(22)21-10-14-11-25-7-6-19(14,12-21)17(23)24/h3-5,8,14H,6-7,9-12H2,1-2H3,(H,23,24)/t14-,19+/m0/s1. The molecule has 0 radical (unpaired) electrons. The summed E-state index contributed by atoms with van der Waals surface area (Å²) in [5, 5.41) is 10.4. The van der Waals surface area contributed by atoms with Crippen LogP contribution in [0.2, 0.25) is 5.02 Å². The summed E-state index contributed by atoms with van der Waals surface area (Å²) >= 11 is 6.04. The van der Waals surface area contributed by atoms with Gasteiger partial charge in [-0.25, -0.2) is 0 Å². The Bertz CT molecular complexity index is 690. The van der Waals surface area contributed by atoms with Crippen molar-refractivity contribution >= 4 is 23.5 Å². The maximum Gasteiger partial charge on any atom is 0.311 e. The summed E-state index contributed by atoms with van der Waals surface area (Å²) in [5.41, 5.74) is -0.488. The fourth-order valence-corrected chi connectivity index (χ4v) is 4.33. The third-order valence-electron chi connectivity index (χ3n) is 5.53. The van der Waals surface area contributed by atoms with Gasteiger partial charge in [-0.2, -0.15) is 0 Å². The minimum absolute atomic E-state index is 0.0116. The number of likely N-dealkylation sites (tertiary alicyclic amines) is 1. The number of amides is 1. The number of carbonyl (C=O) groups excluding carboxylic acids is 1. The van der Waals surface area contributed by atoms with E-state index in [-0.39, 0.29) is 18.4 Å². The first kappa shape index (κ1) is 18.2. The average molecular weight is 366 g/mol. The number of fused-ring (bicyclic) bond motifs is 1. The smallest absolute Gasteiger partial charge is 0.311 e. The zero-order valence-corrected chi connectivity index (χ0v) is 15.4. The highest BCUT2D eigenvalue weighted by Gasteiger charge is 2.55. The number of nitrogens with zero attached hydrogens (tertiary/aromatic N) is 1. The molecule has 2 aliphatic heterocycles. The van der Waals surface area contributed by atoms with Crippen molar-refractivity contribution in [1.82, 2.24) is 4.90 Å². The van der Waals surface area contributed by atoms with E-state index in [1.165, 1.54) is 0 Å². The van der Waals surface area contributed by atoms with Crippen LogP contribution in [0.5, 0.6) is 0 Å². The van der Waals surface area contributed by atoms with Crippen LogP contribution in [0.4, 0.5) is 0 Å². The number of halogens is 1. The number of aliphatic carboxylic acids is 1. The molecule has 25 heavy (non-hydrogen) atoms. The van der Waals surface area contributed by atoms with Gasteiger partial charge in [0.1, 0.15) is 0 Å². The van der Waals surface area contributed by atoms with Crippen LogP contribution < -0.4 is 0 Å². The van der Waals surface area contributed by atoms with Crippen LogP contribution in [0, 0.1) is 16.7 Å². The molecule has 2 saturated heterocycles. The Kier molecular flexibility index (Phi) is 4.82. The van der Waals surface area contributed by atoms with Gasteiger partial charge in [-0.05, 0) is 30.5 Å². The Labute approximate surface area is 152 Å². The largest absolute Gasteiger partial charge is 0.481 e. The minimum atomic E-state index is -0.861. The summed E-state index contributed by atoms with van der Waals surface area (Å²) in [5.74, 6) is -0.962. The van der Waals surface area contributed by atoms with Crippen molar-refractivity contribution in [2.24, 2.45) is 16.7 Å². The predicted octanol–water partition coefficient (Wildman–Crippen LogP) is 2.86. The molecule has 0 aliphatic carbocycles. The Balaban J connectivity index is 1.77. The number of carboxylic acid groups (broad SMARTS) is 1. The van der Waals surface area contributed by atoms with Crippen molar-refractivity contribution in [2.45, 2.75) is 26.7 Å². The highest BCUT2D eigenvalue weighted by Crippen LogP contribution is 2.43. The zero-order valence-electron chi connectivity index (χ0n) is 14.6. The highest BCUT2D eigenvalue weighted by molar-refractivity contribution is 6.30. The Hall–Kier alpha value is -1.59. The van der Waals surface area contributed by atoms with Crippen molar-refractivity contribution < 1.29 is 19.4 Å². The molecule has 5 nitrogen and oxygen atoms in total. The van der Waals surface area contributed by atoms with Gasteiger partial charge in [-0.15, -0.1) is 0 Å². The second-order valence-electron chi connectivity index (χ2n) is 7.86. The summed E-state index contributed by atoms with van der Waals surface area (Å²) in [4.78, 5) is 26.7. The molecule has 3 rings (SSSR count). The summed E-state index contributed by atoms with van der Waals surface area (Å²) in [6, 6.07) is 7.51. The van der Waals surface area contributed by atoms with Gasteiger partial charge in [-0.3, -0.25) is 9.59 Å². The fraction of sp³-hybridized carbons (Fsp3) is 0.579. The first-order valence-corrected chi connectivity index (χ1v) is 8.97. The van der Waals surface area contributed by atoms with Crippen molar-refractivity contribution in [1.29, 1.82) is 0 Å². The molecule has 1 aromatic rings. The normalized spacial score (nSPS) is 26.4. The molecule has 0 unspecified atom stereocenters. The molecule has 0 saturated carbocycles. The number of carboxylic acids is 1. The van der Waals surface area contributed by atoms with Gasteiger partial charge in [0, 0.05) is 36.1 Å². The number of carbonyl (C=O) groups is 2. The van der Waals surface area contributed by atoms with Crippen LogP contribution >= 0.6 is 11.6 Å². The Morgan fingerprint density at radius 3 is 2.84 bits per heavy atom. The summed E-state index contributed by atoms with van der Waals surface area (Å²) in [6.45, 7) is 5.38. The topological polar surface area (TPSA) is 66.8 Å². The molecule has 1 N–H and O–H groups in total. The lowest BCUT2D eigenvalue weighted by molar-refractivity contribution is -0.157. The molecule has 2 fully saturated rings. The van der Waals surface area contributed by atoms with Crippen molar-refractivity contribution in [3.8, 4) is 0 Å². The van der Waals surface area contributed by atoms with Crippen LogP contribution in [0.1, 0.15) is 25.8 Å². The maximum absolute atomic E-state index is 13.1. The number of rotatable bonds is 4. The third-order valence-corrected chi connectivity index (χ3v) is 5.77. The van der Waals surface area contributed by atoms with Gasteiger partial charge in [0.15, 0.2) is 0 Å². The Morgan fingerprint density at radius 1 is 1.44 bits per heavy atom. The van der Waals surface area contributed by atoms with Crippen molar-refractivity contribution in [3.63, 3.8) is 0 Å². The van der Waals surface area contributed by atoms with Gasteiger partial charge in [0.05, 0.1) is 12.0 Å². The molecule has 6 heteroatoms. The lowest BCUT2D eigenvalue weighted by Crippen LogP contribution is -2.46. The van der Waals surface area contributed by atoms with E-state index < -0.39 is 16.8 Å². The summed E-state index contributed by atoms with van der Waals surface area (Å²) in [7, 11) is 0. The van der Waals surface area contributed by atoms with Crippen molar-refractivity contribution in [3.05, 3.63) is 34.9 Å². The maximum atomic E-state index is 13.1. The molecule has 2 atom stereocenters. The monoisotopic (exact) mass is 365 g/mol. The molecule has 2 heterocycles. The number of hydrogen-bond acceptors (Lipinski definition) is 3. The number of hydrogen-bond donors (Lipinski definition) is 1. The van der Waals surface area contributed by atoms with E-state index in [0.717, 1.165) is 5.56 Å². The lowest BCUT2D eigenvalue weighted by atomic mass is 9.74. The van der Waals surface area contributed by atoms with Gasteiger partial charge < -0.3 is 14.7 Å². The van der Waals surface area contributed by atoms with E-state index in [9.17, 15) is 14.7 Å². The van der Waals surface area contributed by atoms with Crippen LogP contribution in [0.3, 0.4) is 0 Å². The predicted molar refractivity (Wildman–Crippen MR) is 94.5 cm³/mol. The first-order valence-electron chi connectivity index (χ1n) is 8.60. The van der Waals surface area contributed by atoms with Crippen LogP contribution in [-0.2, 0) is 20.7 Å². The minimum Gasteiger partial charge on any atom is -0.481 e. The molecule has 0 spiro atoms. The highest BCUT2D eigenvalue weighted by atomic mass is 35.5. The third kappa shape index (κ3) is 3.40. The fourth-order valence-electron chi connectivity index (χ4n) is 4.12. The SMILES string of the molecule is CC(C)(Cc1cccc(Cl)c1)C(=O)N1C[C@H]2COCC[C@@]2(C(=O)O)C1. The van der Waals surface area contributed by atoms with Crippen LogP contribution in [0.15, 0.2) is 24.3 Å². The molecular weight excluding hydrogens is 342 g/mol.